The topological polar surface area (TPSA) is 54.4 Å². The third-order valence-corrected chi connectivity index (χ3v) is 5.31. The molecule has 0 spiro atoms. The minimum Gasteiger partial charge on any atom is -0.382 e. The second-order valence-corrected chi connectivity index (χ2v) is 7.08. The van der Waals surface area contributed by atoms with Gasteiger partial charge >= 0.3 is 0 Å². The van der Waals surface area contributed by atoms with E-state index in [-0.39, 0.29) is 17.5 Å². The van der Waals surface area contributed by atoms with Crippen LogP contribution in [0.5, 0.6) is 0 Å². The summed E-state index contributed by atoms with van der Waals surface area (Å²) in [5.41, 5.74) is 0.279. The number of rotatable bonds is 5. The number of Topliss-reactive ketones (excluding diaryl/α,β-unsaturated/α-hetero) is 1. The van der Waals surface area contributed by atoms with Gasteiger partial charge in [-0.3, -0.25) is 9.59 Å². The summed E-state index contributed by atoms with van der Waals surface area (Å²) in [6.07, 6.45) is 5.10. The molecule has 3 nitrogen and oxygen atoms in total. The van der Waals surface area contributed by atoms with E-state index in [4.69, 9.17) is 0 Å². The van der Waals surface area contributed by atoms with Crippen molar-refractivity contribution in [3.63, 3.8) is 0 Å². The zero-order valence-electron chi connectivity index (χ0n) is 14.6. The van der Waals surface area contributed by atoms with Crippen LogP contribution >= 0.6 is 0 Å². The van der Waals surface area contributed by atoms with Gasteiger partial charge in [-0.1, -0.05) is 73.9 Å². The first-order valence-electron chi connectivity index (χ1n) is 8.97. The van der Waals surface area contributed by atoms with E-state index >= 15 is 0 Å². The van der Waals surface area contributed by atoms with E-state index in [2.05, 4.69) is 0 Å². The average molecular weight is 336 g/mol. The van der Waals surface area contributed by atoms with Crippen LogP contribution in [0.15, 0.2) is 54.6 Å². The lowest BCUT2D eigenvalue weighted by atomic mass is 9.74. The van der Waals surface area contributed by atoms with Crippen molar-refractivity contribution in [2.24, 2.45) is 5.92 Å². The lowest BCUT2D eigenvalue weighted by molar-refractivity contribution is -0.00216. The normalized spacial score (nSPS) is 17.7. The number of hydrogen-bond donors (Lipinski definition) is 1. The number of carbonyl (C=O) groups excluding carboxylic acids is 2. The predicted octanol–water partition coefficient (Wildman–Crippen LogP) is 4.43. The van der Waals surface area contributed by atoms with Crippen LogP contribution in [0.2, 0.25) is 0 Å². The van der Waals surface area contributed by atoms with Gasteiger partial charge in [0.2, 0.25) is 0 Å². The van der Waals surface area contributed by atoms with Gasteiger partial charge in [0.25, 0.3) is 0 Å². The van der Waals surface area contributed by atoms with Gasteiger partial charge in [-0.25, -0.2) is 0 Å². The molecule has 3 heteroatoms. The van der Waals surface area contributed by atoms with Crippen molar-refractivity contribution in [3.8, 4) is 0 Å². The van der Waals surface area contributed by atoms with E-state index in [1.165, 1.54) is 6.42 Å². The highest BCUT2D eigenvalue weighted by molar-refractivity contribution is 6.10. The molecular formula is C22H24O3. The van der Waals surface area contributed by atoms with Crippen LogP contribution in [0.4, 0.5) is 0 Å². The Morgan fingerprint density at radius 1 is 0.840 bits per heavy atom. The molecule has 1 N–H and O–H groups in total. The highest BCUT2D eigenvalue weighted by atomic mass is 16.3. The molecule has 0 bridgehead atoms. The fourth-order valence-electron chi connectivity index (χ4n) is 3.67. The van der Waals surface area contributed by atoms with Gasteiger partial charge in [0, 0.05) is 16.7 Å². The molecule has 25 heavy (non-hydrogen) atoms. The van der Waals surface area contributed by atoms with Gasteiger partial charge in [0.05, 0.1) is 0 Å². The maximum atomic E-state index is 12.8. The number of hydrogen-bond acceptors (Lipinski definition) is 3. The van der Waals surface area contributed by atoms with Crippen molar-refractivity contribution < 1.29 is 14.7 Å². The van der Waals surface area contributed by atoms with E-state index in [0.29, 0.717) is 16.7 Å². The Bertz CT molecular complexity index is 739. The quantitative estimate of drug-likeness (QED) is 0.822. The van der Waals surface area contributed by atoms with Gasteiger partial charge in [-0.05, 0) is 25.7 Å². The fourth-order valence-corrected chi connectivity index (χ4v) is 3.67. The Kier molecular flexibility index (Phi) is 5.14. The molecule has 2 aromatic rings. The molecule has 1 atom stereocenters. The van der Waals surface area contributed by atoms with E-state index in [1.54, 1.807) is 43.3 Å². The summed E-state index contributed by atoms with van der Waals surface area (Å²) < 4.78 is 0. The molecule has 1 aliphatic rings. The molecule has 1 saturated carbocycles. The van der Waals surface area contributed by atoms with Crippen LogP contribution in [0, 0.1) is 5.92 Å². The predicted molar refractivity (Wildman–Crippen MR) is 97.8 cm³/mol. The van der Waals surface area contributed by atoms with E-state index in [1.807, 2.05) is 18.2 Å². The lowest BCUT2D eigenvalue weighted by Crippen LogP contribution is -2.43. The lowest BCUT2D eigenvalue weighted by Gasteiger charge is -2.34. The van der Waals surface area contributed by atoms with Crippen molar-refractivity contribution in [3.05, 3.63) is 71.3 Å². The standard InChI is InChI=1S/C22H24O3/c1-22(25,19-10-6-3-7-11-19)21(24)18-14-12-17(13-15-18)20(23)16-8-4-2-5-9-16/h2,4-5,8-9,12-15,19,25H,3,6-7,10-11H2,1H3. The number of benzene rings is 2. The molecule has 0 aliphatic heterocycles. The molecule has 0 heterocycles. The molecule has 0 aromatic heterocycles. The van der Waals surface area contributed by atoms with Gasteiger partial charge < -0.3 is 5.11 Å². The van der Waals surface area contributed by atoms with Crippen LogP contribution in [0.3, 0.4) is 0 Å². The SMILES string of the molecule is CC(O)(C(=O)c1ccc(C(=O)c2ccccc2)cc1)C1CCCCC1. The highest BCUT2D eigenvalue weighted by Gasteiger charge is 2.39. The number of carbonyl (C=O) groups is 2. The third kappa shape index (κ3) is 3.72. The molecule has 1 aliphatic carbocycles. The van der Waals surface area contributed by atoms with Crippen molar-refractivity contribution in [1.82, 2.24) is 0 Å². The van der Waals surface area contributed by atoms with E-state index in [0.717, 1.165) is 25.7 Å². The molecule has 0 radical (unpaired) electrons. The van der Waals surface area contributed by atoms with Crippen LogP contribution < -0.4 is 0 Å². The van der Waals surface area contributed by atoms with Crippen LogP contribution in [0.25, 0.3) is 0 Å². The van der Waals surface area contributed by atoms with Crippen molar-refractivity contribution in [1.29, 1.82) is 0 Å². The van der Waals surface area contributed by atoms with Crippen LogP contribution in [0.1, 0.15) is 65.3 Å². The first-order valence-corrected chi connectivity index (χ1v) is 8.97. The zero-order valence-corrected chi connectivity index (χ0v) is 14.6. The summed E-state index contributed by atoms with van der Waals surface area (Å²) in [5.74, 6) is -0.309. The Balaban J connectivity index is 1.77. The van der Waals surface area contributed by atoms with Gasteiger partial charge in [-0.15, -0.1) is 0 Å². The zero-order chi connectivity index (χ0) is 17.9. The number of aliphatic hydroxyl groups is 1. The first-order chi connectivity index (χ1) is 12.0. The van der Waals surface area contributed by atoms with E-state index in [9.17, 15) is 14.7 Å². The summed E-state index contributed by atoms with van der Waals surface area (Å²) >= 11 is 0. The molecule has 1 unspecified atom stereocenters. The molecule has 3 rings (SSSR count). The smallest absolute Gasteiger partial charge is 0.194 e. The Morgan fingerprint density at radius 3 is 1.96 bits per heavy atom. The largest absolute Gasteiger partial charge is 0.382 e. The monoisotopic (exact) mass is 336 g/mol. The molecule has 0 saturated heterocycles. The van der Waals surface area contributed by atoms with Gasteiger partial charge in [0.15, 0.2) is 11.6 Å². The highest BCUT2D eigenvalue weighted by Crippen LogP contribution is 2.34. The molecule has 130 valence electrons. The Hall–Kier alpha value is -2.26. The molecule has 1 fully saturated rings. The van der Waals surface area contributed by atoms with Crippen molar-refractivity contribution in [2.75, 3.05) is 0 Å². The minimum absolute atomic E-state index is 0.0133. The molecular weight excluding hydrogens is 312 g/mol. The van der Waals surface area contributed by atoms with Crippen LogP contribution in [-0.2, 0) is 0 Å². The van der Waals surface area contributed by atoms with Crippen molar-refractivity contribution in [2.45, 2.75) is 44.6 Å². The first kappa shape index (κ1) is 17.6. The van der Waals surface area contributed by atoms with Crippen LogP contribution in [-0.4, -0.2) is 22.3 Å². The Labute approximate surface area is 148 Å². The molecule has 0 amide bonds. The maximum absolute atomic E-state index is 12.8. The maximum Gasteiger partial charge on any atom is 0.194 e. The average Bonchev–Trinajstić information content (AvgIpc) is 2.68. The number of ketones is 2. The summed E-state index contributed by atoms with van der Waals surface area (Å²) in [5, 5.41) is 10.8. The second-order valence-electron chi connectivity index (χ2n) is 7.08. The summed E-state index contributed by atoms with van der Waals surface area (Å²) in [6.45, 7) is 1.63. The second kappa shape index (κ2) is 7.32. The Morgan fingerprint density at radius 2 is 1.36 bits per heavy atom. The van der Waals surface area contributed by atoms with Gasteiger partial charge in [-0.2, -0.15) is 0 Å². The summed E-state index contributed by atoms with van der Waals surface area (Å²) in [7, 11) is 0. The van der Waals surface area contributed by atoms with Gasteiger partial charge in [0.1, 0.15) is 5.60 Å². The minimum atomic E-state index is -1.34. The fraction of sp³-hybridized carbons (Fsp3) is 0.364. The summed E-state index contributed by atoms with van der Waals surface area (Å²) in [4.78, 5) is 25.2. The van der Waals surface area contributed by atoms with E-state index < -0.39 is 5.60 Å². The van der Waals surface area contributed by atoms with Crippen molar-refractivity contribution >= 4 is 11.6 Å². The summed E-state index contributed by atoms with van der Waals surface area (Å²) in [6, 6.07) is 15.7. The third-order valence-electron chi connectivity index (χ3n) is 5.31. The molecule has 2 aromatic carbocycles.